The van der Waals surface area contributed by atoms with Crippen LogP contribution in [0, 0.1) is 0 Å². The smallest absolute Gasteiger partial charge is 0.156 e. The van der Waals surface area contributed by atoms with Crippen molar-refractivity contribution in [1.29, 1.82) is 0 Å². The molecule has 3 nitrogen and oxygen atoms in total. The molecule has 0 spiro atoms. The molecule has 4 atom stereocenters. The van der Waals surface area contributed by atoms with E-state index in [1.807, 2.05) is 0 Å². The van der Waals surface area contributed by atoms with Gasteiger partial charge in [-0.05, 0) is 6.92 Å². The van der Waals surface area contributed by atoms with Crippen molar-refractivity contribution < 1.29 is 14.9 Å². The first kappa shape index (κ1) is 8.27. The average molecular weight is 167 g/mol. The molecule has 0 amide bonds. The van der Waals surface area contributed by atoms with E-state index in [2.05, 4.69) is 0 Å². The topological polar surface area (TPSA) is 49.7 Å². The summed E-state index contributed by atoms with van der Waals surface area (Å²) in [6.45, 7) is 1.68. The third-order valence-electron chi connectivity index (χ3n) is 1.65. The molecule has 1 aliphatic heterocycles. The number of rotatable bonds is 0. The highest BCUT2D eigenvalue weighted by Gasteiger charge is 2.32. The van der Waals surface area contributed by atoms with Crippen LogP contribution >= 0.6 is 11.6 Å². The van der Waals surface area contributed by atoms with Gasteiger partial charge in [0.25, 0.3) is 0 Å². The molecule has 1 heterocycles. The third-order valence-corrected chi connectivity index (χ3v) is 2.09. The fourth-order valence-corrected chi connectivity index (χ4v) is 1.37. The van der Waals surface area contributed by atoms with Crippen LogP contribution < -0.4 is 0 Å². The zero-order chi connectivity index (χ0) is 7.72. The predicted molar refractivity (Wildman–Crippen MR) is 36.8 cm³/mol. The van der Waals surface area contributed by atoms with E-state index in [9.17, 15) is 5.11 Å². The Morgan fingerprint density at radius 3 is 2.60 bits per heavy atom. The maximum Gasteiger partial charge on any atom is 0.156 e. The first-order chi connectivity index (χ1) is 4.61. The van der Waals surface area contributed by atoms with Gasteiger partial charge < -0.3 is 14.9 Å². The van der Waals surface area contributed by atoms with Gasteiger partial charge in [0.2, 0.25) is 0 Å². The fraction of sp³-hybridized carbons (Fsp3) is 1.00. The lowest BCUT2D eigenvalue weighted by molar-refractivity contribution is -0.190. The number of aliphatic hydroxyl groups excluding tert-OH is 2. The predicted octanol–water partition coefficient (Wildman–Crippen LogP) is 0.0819. The maximum atomic E-state index is 9.20. The molecular weight excluding hydrogens is 156 g/mol. The molecule has 10 heavy (non-hydrogen) atoms. The second-order valence-electron chi connectivity index (χ2n) is 2.54. The summed E-state index contributed by atoms with van der Waals surface area (Å²) in [5, 5.41) is 17.8. The quantitative estimate of drug-likeness (QED) is 0.502. The molecule has 1 unspecified atom stereocenters. The zero-order valence-corrected chi connectivity index (χ0v) is 6.45. The van der Waals surface area contributed by atoms with Gasteiger partial charge in [-0.1, -0.05) is 0 Å². The van der Waals surface area contributed by atoms with E-state index in [-0.39, 0.29) is 6.10 Å². The van der Waals surface area contributed by atoms with E-state index in [1.165, 1.54) is 0 Å². The van der Waals surface area contributed by atoms with Crippen LogP contribution in [0.25, 0.3) is 0 Å². The van der Waals surface area contributed by atoms with E-state index in [0.29, 0.717) is 6.42 Å². The van der Waals surface area contributed by atoms with E-state index in [0.717, 1.165) is 0 Å². The molecule has 4 heteroatoms. The Hall–Kier alpha value is 0.170. The van der Waals surface area contributed by atoms with E-state index >= 15 is 0 Å². The third kappa shape index (κ3) is 1.61. The van der Waals surface area contributed by atoms with Gasteiger partial charge in [-0.2, -0.15) is 0 Å². The fourth-order valence-electron chi connectivity index (χ4n) is 1.01. The number of hydrogen-bond acceptors (Lipinski definition) is 3. The monoisotopic (exact) mass is 166 g/mol. The normalized spacial score (nSPS) is 49.2. The molecule has 1 fully saturated rings. The minimum absolute atomic E-state index is 0.299. The van der Waals surface area contributed by atoms with Gasteiger partial charge >= 0.3 is 0 Å². The molecule has 0 radical (unpaired) electrons. The van der Waals surface area contributed by atoms with Crippen molar-refractivity contribution in [3.63, 3.8) is 0 Å². The lowest BCUT2D eigenvalue weighted by atomic mass is 10.1. The SMILES string of the molecule is C[C@@H]1OC(O)C[C@H](Cl)[C@H]1O. The average Bonchev–Trinajstić information content (AvgIpc) is 1.82. The molecule has 60 valence electrons. The van der Waals surface area contributed by atoms with Crippen molar-refractivity contribution in [3.05, 3.63) is 0 Å². The highest BCUT2D eigenvalue weighted by molar-refractivity contribution is 6.21. The van der Waals surface area contributed by atoms with Gasteiger partial charge in [0.1, 0.15) is 0 Å². The Balaban J connectivity index is 2.49. The molecule has 0 bridgehead atoms. The van der Waals surface area contributed by atoms with Gasteiger partial charge in [0.15, 0.2) is 6.29 Å². The van der Waals surface area contributed by atoms with Crippen LogP contribution in [0.2, 0.25) is 0 Å². The lowest BCUT2D eigenvalue weighted by Crippen LogP contribution is -2.44. The first-order valence-corrected chi connectivity index (χ1v) is 3.70. The van der Waals surface area contributed by atoms with E-state index < -0.39 is 17.8 Å². The molecular formula is C6H11ClO3. The van der Waals surface area contributed by atoms with Crippen LogP contribution in [-0.4, -0.2) is 34.1 Å². The van der Waals surface area contributed by atoms with Crippen molar-refractivity contribution in [1.82, 2.24) is 0 Å². The zero-order valence-electron chi connectivity index (χ0n) is 5.70. The Morgan fingerprint density at radius 1 is 1.50 bits per heavy atom. The Labute approximate surface area is 64.6 Å². The van der Waals surface area contributed by atoms with E-state index in [1.54, 1.807) is 6.92 Å². The molecule has 2 N–H and O–H groups in total. The molecule has 0 aromatic carbocycles. The van der Waals surface area contributed by atoms with E-state index in [4.69, 9.17) is 21.4 Å². The van der Waals surface area contributed by atoms with Crippen LogP contribution in [0.1, 0.15) is 13.3 Å². The summed E-state index contributed by atoms with van der Waals surface area (Å²) in [6.07, 6.45) is -1.55. The summed E-state index contributed by atoms with van der Waals surface area (Å²) in [4.78, 5) is 0. The van der Waals surface area contributed by atoms with Gasteiger partial charge in [-0.25, -0.2) is 0 Å². The van der Waals surface area contributed by atoms with Crippen LogP contribution in [0.15, 0.2) is 0 Å². The van der Waals surface area contributed by atoms with Crippen LogP contribution in [0.4, 0.5) is 0 Å². The summed E-state index contributed by atoms with van der Waals surface area (Å²) in [6, 6.07) is 0. The Bertz CT molecular complexity index is 108. The highest BCUT2D eigenvalue weighted by Crippen LogP contribution is 2.22. The summed E-state index contributed by atoms with van der Waals surface area (Å²) < 4.78 is 4.89. The molecule has 1 aliphatic rings. The second kappa shape index (κ2) is 3.05. The number of aliphatic hydroxyl groups is 2. The maximum absolute atomic E-state index is 9.20. The summed E-state index contributed by atoms with van der Waals surface area (Å²) in [5.74, 6) is 0. The van der Waals surface area contributed by atoms with Gasteiger partial charge in [-0.15, -0.1) is 11.6 Å². The Morgan fingerprint density at radius 2 is 2.10 bits per heavy atom. The second-order valence-corrected chi connectivity index (χ2v) is 3.10. The van der Waals surface area contributed by atoms with Gasteiger partial charge in [0, 0.05) is 6.42 Å². The molecule has 0 aromatic rings. The number of alkyl halides is 1. The number of halogens is 1. The first-order valence-electron chi connectivity index (χ1n) is 3.27. The largest absolute Gasteiger partial charge is 0.389 e. The van der Waals surface area contributed by atoms with Crippen molar-refractivity contribution in [2.24, 2.45) is 0 Å². The standard InChI is InChI=1S/C6H11ClO3/c1-3-6(9)4(7)2-5(8)10-3/h3-6,8-9H,2H2,1H3/t3-,4-,5?,6-/m0/s1. The molecule has 0 aromatic heterocycles. The molecule has 1 saturated heterocycles. The minimum atomic E-state index is -0.819. The van der Waals surface area contributed by atoms with Crippen LogP contribution in [0.5, 0.6) is 0 Å². The lowest BCUT2D eigenvalue weighted by Gasteiger charge is -2.32. The number of hydrogen-bond donors (Lipinski definition) is 2. The van der Waals surface area contributed by atoms with Crippen molar-refractivity contribution >= 4 is 11.6 Å². The Kier molecular flexibility index (Phi) is 2.52. The number of ether oxygens (including phenoxy) is 1. The minimum Gasteiger partial charge on any atom is -0.389 e. The van der Waals surface area contributed by atoms with Gasteiger partial charge in [0.05, 0.1) is 17.6 Å². The molecule has 1 rings (SSSR count). The summed E-state index contributed by atoms with van der Waals surface area (Å²) >= 11 is 5.67. The summed E-state index contributed by atoms with van der Waals surface area (Å²) in [7, 11) is 0. The molecule has 0 saturated carbocycles. The van der Waals surface area contributed by atoms with Crippen LogP contribution in [0.3, 0.4) is 0 Å². The van der Waals surface area contributed by atoms with Crippen molar-refractivity contribution in [2.45, 2.75) is 37.2 Å². The summed E-state index contributed by atoms with van der Waals surface area (Å²) in [5.41, 5.74) is 0. The highest BCUT2D eigenvalue weighted by atomic mass is 35.5. The van der Waals surface area contributed by atoms with Gasteiger partial charge in [-0.3, -0.25) is 0 Å². The van der Waals surface area contributed by atoms with Crippen molar-refractivity contribution in [2.75, 3.05) is 0 Å². The van der Waals surface area contributed by atoms with Crippen molar-refractivity contribution in [3.8, 4) is 0 Å². The van der Waals surface area contributed by atoms with Crippen LogP contribution in [-0.2, 0) is 4.74 Å². The molecule has 0 aliphatic carbocycles.